The molecule has 1 N–H and O–H groups in total. The lowest BCUT2D eigenvalue weighted by Gasteiger charge is -2.27. The van der Waals surface area contributed by atoms with Gasteiger partial charge in [0.05, 0.1) is 23.7 Å². The topological polar surface area (TPSA) is 33.6 Å². The van der Waals surface area contributed by atoms with E-state index in [0.29, 0.717) is 12.5 Å². The summed E-state index contributed by atoms with van der Waals surface area (Å²) in [5, 5.41) is 5.63. The summed E-state index contributed by atoms with van der Waals surface area (Å²) in [5.74, 6) is 1.83. The van der Waals surface area contributed by atoms with Gasteiger partial charge in [-0.1, -0.05) is 48.4 Å². The maximum atomic E-state index is 13.9. The summed E-state index contributed by atoms with van der Waals surface area (Å²) in [6.45, 7) is 2.25. The molecule has 5 rings (SSSR count). The van der Waals surface area contributed by atoms with E-state index < -0.39 is 5.82 Å². The monoisotopic (exact) mass is 408 g/mol. The van der Waals surface area contributed by atoms with Gasteiger partial charge in [-0.15, -0.1) is 0 Å². The van der Waals surface area contributed by atoms with Crippen molar-refractivity contribution < 1.29 is 9.13 Å². The molecule has 0 aromatic heterocycles. The maximum Gasteiger partial charge on any atom is 0.141 e. The first kappa shape index (κ1) is 18.4. The Balaban J connectivity index is 1.74. The molecule has 1 aliphatic carbocycles. The number of hydrogen-bond acceptors (Lipinski definition) is 3. The molecule has 2 aliphatic rings. The second kappa shape index (κ2) is 7.68. The fraction of sp³-hybridized carbons (Fsp3) is 0.292. The summed E-state index contributed by atoms with van der Waals surface area (Å²) < 4.78 is 20.3. The Morgan fingerprint density at radius 3 is 2.72 bits per heavy atom. The molecule has 0 bridgehead atoms. The summed E-state index contributed by atoms with van der Waals surface area (Å²) in [7, 11) is 0. The van der Waals surface area contributed by atoms with Crippen LogP contribution in [0.25, 0.3) is 21.9 Å². The van der Waals surface area contributed by atoms with Crippen molar-refractivity contribution in [1.82, 2.24) is 5.32 Å². The molecule has 0 radical (unpaired) electrons. The molecular formula is C24H22ClFN2O. The molecule has 0 saturated heterocycles. The van der Waals surface area contributed by atoms with Crippen LogP contribution in [0.4, 0.5) is 4.39 Å². The minimum atomic E-state index is -0.422. The summed E-state index contributed by atoms with van der Waals surface area (Å²) in [6, 6.07) is 15.2. The van der Waals surface area contributed by atoms with Crippen molar-refractivity contribution in [2.45, 2.75) is 19.3 Å². The van der Waals surface area contributed by atoms with Crippen LogP contribution < -0.4 is 10.1 Å². The van der Waals surface area contributed by atoms with Crippen LogP contribution in [0.2, 0.25) is 5.02 Å². The highest BCUT2D eigenvalue weighted by atomic mass is 35.5. The Labute approximate surface area is 174 Å². The Morgan fingerprint density at radius 1 is 1.14 bits per heavy atom. The van der Waals surface area contributed by atoms with E-state index in [4.69, 9.17) is 16.3 Å². The zero-order valence-electron chi connectivity index (χ0n) is 16.1. The van der Waals surface area contributed by atoms with Crippen molar-refractivity contribution in [2.75, 3.05) is 19.7 Å². The van der Waals surface area contributed by atoms with Gasteiger partial charge in [0.15, 0.2) is 0 Å². The molecule has 1 saturated carbocycles. The Morgan fingerprint density at radius 2 is 2.00 bits per heavy atom. The lowest BCUT2D eigenvalue weighted by Crippen LogP contribution is -2.23. The summed E-state index contributed by atoms with van der Waals surface area (Å²) >= 11 is 6.14. The molecule has 0 atom stereocenters. The van der Waals surface area contributed by atoms with Crippen molar-refractivity contribution in [3.05, 3.63) is 64.9 Å². The number of nitrogens with zero attached hydrogens (tertiary/aromatic N) is 1. The van der Waals surface area contributed by atoms with Crippen molar-refractivity contribution in [3.63, 3.8) is 0 Å². The molecule has 3 aromatic carbocycles. The summed E-state index contributed by atoms with van der Waals surface area (Å²) in [5.41, 5.74) is 2.74. The predicted octanol–water partition coefficient (Wildman–Crippen LogP) is 5.83. The number of benzene rings is 3. The fourth-order valence-electron chi connectivity index (χ4n) is 4.03. The van der Waals surface area contributed by atoms with Gasteiger partial charge < -0.3 is 10.1 Å². The molecule has 0 unspecified atom stereocenters. The first-order valence-corrected chi connectivity index (χ1v) is 10.5. The van der Waals surface area contributed by atoms with Crippen LogP contribution in [0.3, 0.4) is 0 Å². The summed E-state index contributed by atoms with van der Waals surface area (Å²) in [6.07, 6.45) is 3.69. The van der Waals surface area contributed by atoms with Gasteiger partial charge in [-0.2, -0.15) is 0 Å². The summed E-state index contributed by atoms with van der Waals surface area (Å²) in [4.78, 5) is 4.64. The largest absolute Gasteiger partial charge is 0.492 e. The van der Waals surface area contributed by atoms with Crippen molar-refractivity contribution >= 4 is 28.2 Å². The predicted molar refractivity (Wildman–Crippen MR) is 117 cm³/mol. The maximum absolute atomic E-state index is 13.9. The number of hydrogen-bond donors (Lipinski definition) is 1. The Bertz CT molecular complexity index is 1110. The Kier molecular flexibility index (Phi) is 4.88. The van der Waals surface area contributed by atoms with Crippen LogP contribution in [0, 0.1) is 11.7 Å². The van der Waals surface area contributed by atoms with E-state index in [1.54, 1.807) is 12.1 Å². The lowest BCUT2D eigenvalue weighted by atomic mass is 9.86. The number of halogens is 2. The second-order valence-corrected chi connectivity index (χ2v) is 8.15. The van der Waals surface area contributed by atoms with Gasteiger partial charge in [0, 0.05) is 12.1 Å². The molecule has 5 heteroatoms. The number of ether oxygens (including phenoxy) is 1. The highest BCUT2D eigenvalue weighted by molar-refractivity contribution is 6.31. The third-order valence-corrected chi connectivity index (χ3v) is 6.12. The van der Waals surface area contributed by atoms with Crippen LogP contribution in [-0.2, 0) is 0 Å². The zero-order valence-corrected chi connectivity index (χ0v) is 16.8. The van der Waals surface area contributed by atoms with E-state index in [0.717, 1.165) is 52.1 Å². The molecule has 148 valence electrons. The molecule has 3 aromatic rings. The van der Waals surface area contributed by atoms with E-state index in [-0.39, 0.29) is 5.02 Å². The molecule has 1 aliphatic heterocycles. The molecule has 1 fully saturated rings. The molecule has 0 amide bonds. The fourth-order valence-corrected chi connectivity index (χ4v) is 4.21. The van der Waals surface area contributed by atoms with Crippen LogP contribution in [-0.4, -0.2) is 25.5 Å². The normalized spacial score (nSPS) is 16.4. The number of nitrogens with one attached hydrogen (secondary N) is 1. The molecule has 0 spiro atoms. The van der Waals surface area contributed by atoms with E-state index in [2.05, 4.69) is 28.5 Å². The highest BCUT2D eigenvalue weighted by Crippen LogP contribution is 2.42. The number of fused-ring (bicyclic) bond motifs is 1. The van der Waals surface area contributed by atoms with Gasteiger partial charge in [0.2, 0.25) is 0 Å². The Hall–Kier alpha value is -2.59. The van der Waals surface area contributed by atoms with Crippen LogP contribution in [0.1, 0.15) is 24.8 Å². The smallest absolute Gasteiger partial charge is 0.141 e. The standard InChI is InChI=1S/C24H22ClFN2O/c25-20-13-17(8-9-21(20)26)22-18-7-2-1-6-16(18)12-19(24-27-10-11-28-24)23(22)29-14-15-4-3-5-15/h1-2,6-9,12-13,15H,3-5,10-11,14H2,(H,27,28). The first-order chi connectivity index (χ1) is 14.2. The second-order valence-electron chi connectivity index (χ2n) is 7.74. The van der Waals surface area contributed by atoms with Gasteiger partial charge in [-0.05, 0) is 53.3 Å². The van der Waals surface area contributed by atoms with Gasteiger partial charge >= 0.3 is 0 Å². The van der Waals surface area contributed by atoms with Crippen molar-refractivity contribution in [1.29, 1.82) is 0 Å². The molecule has 29 heavy (non-hydrogen) atoms. The SMILES string of the molecule is Fc1ccc(-c2c(OCC3CCC3)c(C3=NCCN3)cc3ccccc23)cc1Cl. The third-order valence-electron chi connectivity index (χ3n) is 5.83. The highest BCUT2D eigenvalue weighted by Gasteiger charge is 2.24. The minimum absolute atomic E-state index is 0.109. The van der Waals surface area contributed by atoms with Gasteiger partial charge in [-0.3, -0.25) is 4.99 Å². The molecule has 1 heterocycles. The average molecular weight is 409 g/mol. The van der Waals surface area contributed by atoms with E-state index in [1.165, 1.54) is 25.3 Å². The van der Waals surface area contributed by atoms with Crippen molar-refractivity contribution in [3.8, 4) is 16.9 Å². The van der Waals surface area contributed by atoms with Gasteiger partial charge in [0.25, 0.3) is 0 Å². The van der Waals surface area contributed by atoms with Gasteiger partial charge in [0.1, 0.15) is 17.4 Å². The molecule has 3 nitrogen and oxygen atoms in total. The zero-order chi connectivity index (χ0) is 19.8. The number of aliphatic imine (C=N–C) groups is 1. The molecular weight excluding hydrogens is 387 g/mol. The van der Waals surface area contributed by atoms with Crippen LogP contribution >= 0.6 is 11.6 Å². The lowest BCUT2D eigenvalue weighted by molar-refractivity contribution is 0.181. The number of amidine groups is 1. The van der Waals surface area contributed by atoms with E-state index in [9.17, 15) is 4.39 Å². The van der Waals surface area contributed by atoms with Crippen LogP contribution in [0.5, 0.6) is 5.75 Å². The van der Waals surface area contributed by atoms with E-state index >= 15 is 0 Å². The van der Waals surface area contributed by atoms with Crippen LogP contribution in [0.15, 0.2) is 53.5 Å². The quantitative estimate of drug-likeness (QED) is 0.576. The van der Waals surface area contributed by atoms with E-state index in [1.807, 2.05) is 12.1 Å². The van der Waals surface area contributed by atoms with Crippen molar-refractivity contribution in [2.24, 2.45) is 10.9 Å². The minimum Gasteiger partial charge on any atom is -0.492 e. The number of rotatable bonds is 5. The average Bonchev–Trinajstić information content (AvgIpc) is 3.23. The first-order valence-electron chi connectivity index (χ1n) is 10.1. The van der Waals surface area contributed by atoms with Gasteiger partial charge in [-0.25, -0.2) is 4.39 Å². The third kappa shape index (κ3) is 3.46.